The van der Waals surface area contributed by atoms with E-state index in [9.17, 15) is 24.6 Å². The number of amides is 1. The molecular formula is C24H37NO8. The maximum atomic E-state index is 12.6. The van der Waals surface area contributed by atoms with E-state index in [1.165, 1.54) is 6.92 Å². The number of carbonyl (C=O) groups is 3. The summed E-state index contributed by atoms with van der Waals surface area (Å²) >= 11 is 0. The fourth-order valence-electron chi connectivity index (χ4n) is 3.06. The van der Waals surface area contributed by atoms with E-state index in [1.807, 2.05) is 44.2 Å². The number of esters is 1. The number of rotatable bonds is 12. The molecule has 0 bridgehead atoms. The average molecular weight is 468 g/mol. The summed E-state index contributed by atoms with van der Waals surface area (Å²) in [5, 5.41) is 21.7. The van der Waals surface area contributed by atoms with E-state index in [-0.39, 0.29) is 18.9 Å². The van der Waals surface area contributed by atoms with Gasteiger partial charge in [-0.25, -0.2) is 9.59 Å². The quantitative estimate of drug-likeness (QED) is 0.400. The van der Waals surface area contributed by atoms with Crippen molar-refractivity contribution < 1.29 is 38.8 Å². The Morgan fingerprint density at radius 2 is 1.67 bits per heavy atom. The van der Waals surface area contributed by atoms with Gasteiger partial charge in [-0.05, 0) is 45.6 Å². The molecule has 186 valence electrons. The van der Waals surface area contributed by atoms with E-state index in [0.29, 0.717) is 0 Å². The highest BCUT2D eigenvalue weighted by Crippen LogP contribution is 2.22. The molecule has 1 rings (SSSR count). The zero-order chi connectivity index (χ0) is 25.2. The summed E-state index contributed by atoms with van der Waals surface area (Å²) in [7, 11) is 0. The molecule has 0 aliphatic heterocycles. The van der Waals surface area contributed by atoms with Crippen LogP contribution in [0.3, 0.4) is 0 Å². The molecule has 0 aliphatic rings. The van der Waals surface area contributed by atoms with Crippen molar-refractivity contribution in [1.29, 1.82) is 0 Å². The monoisotopic (exact) mass is 467 g/mol. The minimum absolute atomic E-state index is 0.126. The van der Waals surface area contributed by atoms with Crippen molar-refractivity contribution >= 4 is 18.0 Å². The Hall–Kier alpha value is -2.65. The molecule has 3 N–H and O–H groups in total. The van der Waals surface area contributed by atoms with Crippen LogP contribution in [0.15, 0.2) is 30.3 Å². The maximum Gasteiger partial charge on any atom is 0.408 e. The molecule has 0 aromatic heterocycles. The number of carboxylic acids is 1. The van der Waals surface area contributed by atoms with Gasteiger partial charge in [0.15, 0.2) is 6.04 Å². The number of nitrogens with one attached hydrogen (secondary N) is 1. The summed E-state index contributed by atoms with van der Waals surface area (Å²) < 4.78 is 16.4. The molecule has 0 heterocycles. The van der Waals surface area contributed by atoms with Crippen LogP contribution in [0.4, 0.5) is 4.79 Å². The molecule has 0 spiro atoms. The summed E-state index contributed by atoms with van der Waals surface area (Å²) in [5.74, 6) is -2.86. The molecule has 9 nitrogen and oxygen atoms in total. The minimum Gasteiger partial charge on any atom is -0.481 e. The Balaban J connectivity index is 2.99. The van der Waals surface area contributed by atoms with E-state index >= 15 is 0 Å². The van der Waals surface area contributed by atoms with Crippen LogP contribution in [-0.4, -0.2) is 65.3 Å². The first-order valence-corrected chi connectivity index (χ1v) is 11.0. The van der Waals surface area contributed by atoms with Crippen molar-refractivity contribution in [1.82, 2.24) is 5.32 Å². The molecule has 1 aromatic carbocycles. The van der Waals surface area contributed by atoms with Gasteiger partial charge in [-0.2, -0.15) is 0 Å². The number of hydrogen-bond donors (Lipinski definition) is 3. The second kappa shape index (κ2) is 13.2. The summed E-state index contributed by atoms with van der Waals surface area (Å²) in [5.41, 5.74) is 0.0184. The number of aliphatic hydroxyl groups excluding tert-OH is 1. The van der Waals surface area contributed by atoms with Crippen molar-refractivity contribution in [2.24, 2.45) is 11.8 Å². The van der Waals surface area contributed by atoms with Gasteiger partial charge in [0.1, 0.15) is 17.8 Å². The number of hydrogen-bond acceptors (Lipinski definition) is 7. The Morgan fingerprint density at radius 3 is 2.15 bits per heavy atom. The van der Waals surface area contributed by atoms with Crippen LogP contribution in [0, 0.1) is 11.8 Å². The zero-order valence-electron chi connectivity index (χ0n) is 20.2. The van der Waals surface area contributed by atoms with E-state index < -0.39 is 54.4 Å². The van der Waals surface area contributed by atoms with Crippen molar-refractivity contribution in [2.75, 3.05) is 13.2 Å². The van der Waals surface area contributed by atoms with Crippen molar-refractivity contribution in [3.8, 4) is 0 Å². The van der Waals surface area contributed by atoms with Crippen LogP contribution in [-0.2, 0) is 30.2 Å². The maximum absolute atomic E-state index is 12.6. The fraction of sp³-hybridized carbons (Fsp3) is 0.625. The van der Waals surface area contributed by atoms with E-state index in [1.54, 1.807) is 20.8 Å². The highest BCUT2D eigenvalue weighted by molar-refractivity contribution is 5.81. The zero-order valence-corrected chi connectivity index (χ0v) is 20.2. The highest BCUT2D eigenvalue weighted by atomic mass is 16.6. The van der Waals surface area contributed by atoms with Crippen molar-refractivity contribution in [3.05, 3.63) is 35.9 Å². The molecule has 0 aliphatic carbocycles. The second-order valence-corrected chi connectivity index (χ2v) is 9.35. The standard InChI is InChI=1S/C24H37NO8/c1-15(2)14-31-20(18(21(27)28)12-17-10-8-7-9-11-17)16(3)32-22(29)19(13-26)25-23(30)33-24(4,5)6/h7-11,15-16,18-20,26H,12-14H2,1-6H3,(H,25,30)(H,27,28). The highest BCUT2D eigenvalue weighted by Gasteiger charge is 2.37. The molecule has 9 heteroatoms. The number of ether oxygens (including phenoxy) is 3. The Labute approximate surface area is 195 Å². The number of carbonyl (C=O) groups excluding carboxylic acids is 2. The number of alkyl carbamates (subject to hydrolysis) is 1. The number of carboxylic acid groups (broad SMARTS) is 1. The molecule has 0 radical (unpaired) electrons. The van der Waals surface area contributed by atoms with E-state index in [4.69, 9.17) is 14.2 Å². The van der Waals surface area contributed by atoms with Gasteiger partial charge in [0.2, 0.25) is 0 Å². The molecule has 0 saturated heterocycles. The molecular weight excluding hydrogens is 430 g/mol. The van der Waals surface area contributed by atoms with Gasteiger partial charge >= 0.3 is 18.0 Å². The second-order valence-electron chi connectivity index (χ2n) is 9.35. The third-order valence-electron chi connectivity index (χ3n) is 4.56. The first-order chi connectivity index (χ1) is 15.3. The molecule has 4 atom stereocenters. The third kappa shape index (κ3) is 10.7. The van der Waals surface area contributed by atoms with Crippen LogP contribution < -0.4 is 5.32 Å². The first kappa shape index (κ1) is 28.4. The first-order valence-electron chi connectivity index (χ1n) is 11.0. The third-order valence-corrected chi connectivity index (χ3v) is 4.56. The van der Waals surface area contributed by atoms with Gasteiger partial charge in [-0.15, -0.1) is 0 Å². The lowest BCUT2D eigenvalue weighted by molar-refractivity contribution is -0.170. The summed E-state index contributed by atoms with van der Waals surface area (Å²) in [6, 6.07) is 7.73. The topological polar surface area (TPSA) is 131 Å². The Kier molecular flexibility index (Phi) is 11.3. The van der Waals surface area contributed by atoms with Crippen molar-refractivity contribution in [3.63, 3.8) is 0 Å². The normalized spacial score (nSPS) is 15.3. The molecule has 4 unspecified atom stereocenters. The number of aliphatic hydroxyl groups is 1. The summed E-state index contributed by atoms with van der Waals surface area (Å²) in [6.45, 7) is 9.93. The Morgan fingerprint density at radius 1 is 1.06 bits per heavy atom. The SMILES string of the molecule is CC(C)COC(C(C)OC(=O)C(CO)NC(=O)OC(C)(C)C)C(Cc1ccccc1)C(=O)O. The van der Waals surface area contributed by atoms with Gasteiger partial charge in [0, 0.05) is 6.61 Å². The van der Waals surface area contributed by atoms with Gasteiger partial charge in [0.25, 0.3) is 0 Å². The lowest BCUT2D eigenvalue weighted by atomic mass is 9.91. The fourth-order valence-corrected chi connectivity index (χ4v) is 3.06. The van der Waals surface area contributed by atoms with Crippen LogP contribution in [0.5, 0.6) is 0 Å². The summed E-state index contributed by atoms with van der Waals surface area (Å²) in [4.78, 5) is 36.7. The molecule has 1 amide bonds. The van der Waals surface area contributed by atoms with Crippen molar-refractivity contribution in [2.45, 2.75) is 71.8 Å². The van der Waals surface area contributed by atoms with Gasteiger partial charge in [0.05, 0.1) is 12.5 Å². The van der Waals surface area contributed by atoms with E-state index in [2.05, 4.69) is 5.32 Å². The average Bonchev–Trinajstić information content (AvgIpc) is 2.70. The number of aliphatic carboxylic acids is 1. The summed E-state index contributed by atoms with van der Waals surface area (Å²) in [6.07, 6.45) is -2.61. The molecule has 33 heavy (non-hydrogen) atoms. The smallest absolute Gasteiger partial charge is 0.408 e. The predicted octanol–water partition coefficient (Wildman–Crippen LogP) is 2.79. The Bertz CT molecular complexity index is 759. The van der Waals surface area contributed by atoms with Crippen LogP contribution in [0.2, 0.25) is 0 Å². The van der Waals surface area contributed by atoms with Gasteiger partial charge in [-0.1, -0.05) is 44.2 Å². The van der Waals surface area contributed by atoms with Crippen LogP contribution in [0.1, 0.15) is 47.1 Å². The van der Waals surface area contributed by atoms with Gasteiger partial charge < -0.3 is 29.7 Å². The molecule has 0 saturated carbocycles. The van der Waals surface area contributed by atoms with E-state index in [0.717, 1.165) is 5.56 Å². The predicted molar refractivity (Wildman–Crippen MR) is 122 cm³/mol. The minimum atomic E-state index is -1.37. The molecule has 1 aromatic rings. The number of benzene rings is 1. The lowest BCUT2D eigenvalue weighted by Gasteiger charge is -2.31. The van der Waals surface area contributed by atoms with Crippen LogP contribution in [0.25, 0.3) is 0 Å². The van der Waals surface area contributed by atoms with Gasteiger partial charge in [-0.3, -0.25) is 4.79 Å². The largest absolute Gasteiger partial charge is 0.481 e. The van der Waals surface area contributed by atoms with Crippen LogP contribution >= 0.6 is 0 Å². The lowest BCUT2D eigenvalue weighted by Crippen LogP contribution is -2.49. The molecule has 0 fully saturated rings.